The zero-order chi connectivity index (χ0) is 18.7. The van der Waals surface area contributed by atoms with Crippen molar-refractivity contribution in [2.24, 2.45) is 0 Å². The number of rotatable bonds is 4. The van der Waals surface area contributed by atoms with Gasteiger partial charge in [-0.25, -0.2) is 9.59 Å². The van der Waals surface area contributed by atoms with E-state index in [1.54, 1.807) is 38.2 Å². The fourth-order valence-corrected chi connectivity index (χ4v) is 3.11. The maximum atomic E-state index is 12.8. The number of carbonyl (C=O) groups excluding carboxylic acids is 2. The second-order valence-corrected chi connectivity index (χ2v) is 6.28. The van der Waals surface area contributed by atoms with Gasteiger partial charge in [0.05, 0.1) is 23.9 Å². The summed E-state index contributed by atoms with van der Waals surface area (Å²) in [5.74, 6) is -0.460. The molecule has 0 aliphatic carbocycles. The highest BCUT2D eigenvalue weighted by Gasteiger charge is 2.37. The van der Waals surface area contributed by atoms with Crippen molar-refractivity contribution in [2.45, 2.75) is 13.0 Å². The van der Waals surface area contributed by atoms with Gasteiger partial charge in [-0.15, -0.1) is 0 Å². The van der Waals surface area contributed by atoms with Crippen LogP contribution in [0.25, 0.3) is 5.70 Å². The molecule has 0 saturated carbocycles. The van der Waals surface area contributed by atoms with Crippen LogP contribution in [0.3, 0.4) is 0 Å². The van der Waals surface area contributed by atoms with Gasteiger partial charge < -0.3 is 10.1 Å². The van der Waals surface area contributed by atoms with E-state index in [2.05, 4.69) is 5.32 Å². The first-order chi connectivity index (χ1) is 12.5. The second kappa shape index (κ2) is 7.62. The molecule has 3 rings (SSSR count). The van der Waals surface area contributed by atoms with E-state index in [-0.39, 0.29) is 12.6 Å². The molecule has 134 valence electrons. The van der Waals surface area contributed by atoms with Crippen LogP contribution in [-0.2, 0) is 9.53 Å². The molecule has 1 atom stereocenters. The largest absolute Gasteiger partial charge is 0.463 e. The van der Waals surface area contributed by atoms with E-state index in [0.29, 0.717) is 16.3 Å². The molecular formula is C20H19ClN2O3. The van der Waals surface area contributed by atoms with Crippen molar-refractivity contribution >= 4 is 29.3 Å². The Morgan fingerprint density at radius 3 is 2.42 bits per heavy atom. The Bertz CT molecular complexity index is 847. The molecule has 5 nitrogen and oxygen atoms in total. The molecule has 2 aromatic carbocycles. The summed E-state index contributed by atoms with van der Waals surface area (Å²) in [6, 6.07) is 15.5. The van der Waals surface area contributed by atoms with Gasteiger partial charge in [0.2, 0.25) is 0 Å². The fraction of sp³-hybridized carbons (Fsp3) is 0.200. The molecule has 26 heavy (non-hydrogen) atoms. The van der Waals surface area contributed by atoms with Gasteiger partial charge in [-0.05, 0) is 30.2 Å². The van der Waals surface area contributed by atoms with Crippen LogP contribution in [0.1, 0.15) is 24.1 Å². The monoisotopic (exact) mass is 370 g/mol. The molecule has 6 heteroatoms. The molecule has 0 bridgehead atoms. The normalized spacial score (nSPS) is 17.1. The van der Waals surface area contributed by atoms with E-state index < -0.39 is 12.0 Å². The van der Waals surface area contributed by atoms with Crippen molar-refractivity contribution < 1.29 is 14.3 Å². The third-order valence-corrected chi connectivity index (χ3v) is 4.45. The molecule has 1 aliphatic heterocycles. The Morgan fingerprint density at radius 1 is 1.15 bits per heavy atom. The van der Waals surface area contributed by atoms with Crippen molar-refractivity contribution in [3.8, 4) is 0 Å². The number of nitrogens with one attached hydrogen (secondary N) is 1. The Labute approximate surface area is 157 Å². The van der Waals surface area contributed by atoms with Gasteiger partial charge >= 0.3 is 12.0 Å². The SMILES string of the molecule is CCOC(=O)C1=C(c2ccccc2)N(C)C(=O)N[C@@H]1c1ccc(Cl)cc1. The lowest BCUT2D eigenvalue weighted by molar-refractivity contribution is -0.138. The summed E-state index contributed by atoms with van der Waals surface area (Å²) in [7, 11) is 1.63. The molecule has 0 aromatic heterocycles. The van der Waals surface area contributed by atoms with Gasteiger partial charge in [0.15, 0.2) is 0 Å². The zero-order valence-corrected chi connectivity index (χ0v) is 15.3. The third-order valence-electron chi connectivity index (χ3n) is 4.20. The lowest BCUT2D eigenvalue weighted by Crippen LogP contribution is -2.46. The van der Waals surface area contributed by atoms with Gasteiger partial charge in [-0.3, -0.25) is 4.90 Å². The first-order valence-corrected chi connectivity index (χ1v) is 8.67. The van der Waals surface area contributed by atoms with E-state index in [4.69, 9.17) is 16.3 Å². The van der Waals surface area contributed by atoms with Gasteiger partial charge in [0.1, 0.15) is 0 Å². The van der Waals surface area contributed by atoms with E-state index >= 15 is 0 Å². The van der Waals surface area contributed by atoms with Crippen LogP contribution >= 0.6 is 11.6 Å². The van der Waals surface area contributed by atoms with Crippen LogP contribution < -0.4 is 5.32 Å². The highest BCUT2D eigenvalue weighted by Crippen LogP contribution is 2.36. The molecule has 1 N–H and O–H groups in total. The zero-order valence-electron chi connectivity index (χ0n) is 14.5. The minimum atomic E-state index is -0.620. The first-order valence-electron chi connectivity index (χ1n) is 8.29. The highest BCUT2D eigenvalue weighted by atomic mass is 35.5. The Kier molecular flexibility index (Phi) is 5.28. The average Bonchev–Trinajstić information content (AvgIpc) is 2.65. The Hall–Kier alpha value is -2.79. The Morgan fingerprint density at radius 2 is 1.81 bits per heavy atom. The summed E-state index contributed by atoms with van der Waals surface area (Å²) in [6.07, 6.45) is 0. The number of esters is 1. The summed E-state index contributed by atoms with van der Waals surface area (Å²) in [5.41, 5.74) is 2.45. The van der Waals surface area contributed by atoms with E-state index in [9.17, 15) is 9.59 Å². The predicted octanol–water partition coefficient (Wildman–Crippen LogP) is 4.01. The fourth-order valence-electron chi connectivity index (χ4n) is 2.99. The predicted molar refractivity (Wildman–Crippen MR) is 100 cm³/mol. The molecule has 1 heterocycles. The third kappa shape index (κ3) is 3.44. The maximum Gasteiger partial charge on any atom is 0.338 e. The minimum absolute atomic E-state index is 0.245. The van der Waals surface area contributed by atoms with Crippen molar-refractivity contribution in [3.05, 3.63) is 76.3 Å². The number of hydrogen-bond acceptors (Lipinski definition) is 3. The quantitative estimate of drug-likeness (QED) is 0.827. The lowest BCUT2D eigenvalue weighted by atomic mass is 9.92. The van der Waals surface area contributed by atoms with Gasteiger partial charge in [-0.1, -0.05) is 54.1 Å². The summed E-state index contributed by atoms with van der Waals surface area (Å²) in [5, 5.41) is 3.46. The summed E-state index contributed by atoms with van der Waals surface area (Å²) in [4.78, 5) is 26.8. The van der Waals surface area contributed by atoms with Crippen LogP contribution in [0.15, 0.2) is 60.2 Å². The highest BCUT2D eigenvalue weighted by molar-refractivity contribution is 6.30. The van der Waals surface area contributed by atoms with Gasteiger partial charge in [0, 0.05) is 12.1 Å². The number of carbonyl (C=O) groups is 2. The van der Waals surface area contributed by atoms with Gasteiger partial charge in [-0.2, -0.15) is 0 Å². The minimum Gasteiger partial charge on any atom is -0.463 e. The van der Waals surface area contributed by atoms with E-state index in [1.165, 1.54) is 4.90 Å². The first kappa shape index (κ1) is 18.0. The van der Waals surface area contributed by atoms with Crippen LogP contribution in [0.5, 0.6) is 0 Å². The number of benzene rings is 2. The smallest absolute Gasteiger partial charge is 0.338 e. The van der Waals surface area contributed by atoms with Crippen LogP contribution in [-0.4, -0.2) is 30.6 Å². The Balaban J connectivity index is 2.22. The standard InChI is InChI=1S/C20H19ClN2O3/c1-3-26-19(24)16-17(13-9-11-15(21)12-10-13)22-20(25)23(2)18(16)14-7-5-4-6-8-14/h4-12,17H,3H2,1-2H3,(H,22,25)/t17-/m1/s1. The number of ether oxygens (including phenoxy) is 1. The number of amides is 2. The van der Waals surface area contributed by atoms with Gasteiger partial charge in [0.25, 0.3) is 0 Å². The molecule has 0 spiro atoms. The number of halogens is 1. The van der Waals surface area contributed by atoms with E-state index in [0.717, 1.165) is 11.1 Å². The summed E-state index contributed by atoms with van der Waals surface area (Å²) in [6.45, 7) is 2.00. The molecule has 0 radical (unpaired) electrons. The molecule has 2 aromatic rings. The topological polar surface area (TPSA) is 58.6 Å². The van der Waals surface area contributed by atoms with Crippen LogP contribution in [0, 0.1) is 0 Å². The molecule has 0 unspecified atom stereocenters. The molecule has 2 amide bonds. The molecule has 1 aliphatic rings. The number of hydrogen-bond donors (Lipinski definition) is 1. The second-order valence-electron chi connectivity index (χ2n) is 5.84. The lowest BCUT2D eigenvalue weighted by Gasteiger charge is -2.34. The van der Waals surface area contributed by atoms with Crippen LogP contribution in [0.2, 0.25) is 5.02 Å². The summed E-state index contributed by atoms with van der Waals surface area (Å²) >= 11 is 5.98. The molecule has 0 fully saturated rings. The van der Waals surface area contributed by atoms with Crippen molar-refractivity contribution in [1.29, 1.82) is 0 Å². The maximum absolute atomic E-state index is 12.8. The summed E-state index contributed by atoms with van der Waals surface area (Å²) < 4.78 is 5.29. The number of urea groups is 1. The number of nitrogens with zero attached hydrogens (tertiary/aromatic N) is 1. The molecular weight excluding hydrogens is 352 g/mol. The van der Waals surface area contributed by atoms with Crippen molar-refractivity contribution in [3.63, 3.8) is 0 Å². The average molecular weight is 371 g/mol. The van der Waals surface area contributed by atoms with E-state index in [1.807, 2.05) is 30.3 Å². The van der Waals surface area contributed by atoms with Crippen molar-refractivity contribution in [1.82, 2.24) is 10.2 Å². The van der Waals surface area contributed by atoms with Crippen LogP contribution in [0.4, 0.5) is 4.79 Å². The van der Waals surface area contributed by atoms with Crippen molar-refractivity contribution in [2.75, 3.05) is 13.7 Å². The molecule has 0 saturated heterocycles.